The lowest BCUT2D eigenvalue weighted by atomic mass is 10.0. The van der Waals surface area contributed by atoms with Crippen molar-refractivity contribution < 1.29 is 18.0 Å². The molecular weight excluding hydrogens is 463 g/mol. The number of H-pyrrole nitrogens is 1. The summed E-state index contributed by atoms with van der Waals surface area (Å²) in [7, 11) is 1.77. The van der Waals surface area contributed by atoms with Crippen LogP contribution in [-0.4, -0.2) is 76.7 Å². The highest BCUT2D eigenvalue weighted by Crippen LogP contribution is 2.38. The molecule has 0 aromatic carbocycles. The van der Waals surface area contributed by atoms with Crippen molar-refractivity contribution in [1.82, 2.24) is 25.0 Å². The molecule has 2 aliphatic rings. The predicted octanol–water partition coefficient (Wildman–Crippen LogP) is 1.75. The van der Waals surface area contributed by atoms with Crippen LogP contribution in [0.2, 0.25) is 0 Å². The number of alkyl halides is 3. The Kier molecular flexibility index (Phi) is 6.80. The highest BCUT2D eigenvalue weighted by atomic mass is 19.4. The van der Waals surface area contributed by atoms with Crippen molar-refractivity contribution >= 4 is 11.7 Å². The van der Waals surface area contributed by atoms with Crippen molar-refractivity contribution in [1.29, 1.82) is 5.26 Å². The van der Waals surface area contributed by atoms with Crippen molar-refractivity contribution in [2.45, 2.75) is 37.9 Å². The molecule has 0 radical (unpaired) electrons. The van der Waals surface area contributed by atoms with Crippen molar-refractivity contribution in [3.8, 4) is 6.07 Å². The lowest BCUT2D eigenvalue weighted by Crippen LogP contribution is -2.54. The Balaban J connectivity index is 1.36. The standard InChI is InChI=1S/C23H26F3N7O2/c1-14(22(35)33-9-7-32(8-10-33)18-6-3-15(11-27)12-28-18)31(2)13-16-4-5-17-19(23(24,25)26)21(34)30-29-20(16)17/h3,6,12,14,16H,4-5,7-10,13H2,1-2H3,(H,30,34)/t14-,16?/m0/s1. The monoisotopic (exact) mass is 489 g/mol. The molecule has 0 bridgehead atoms. The van der Waals surface area contributed by atoms with E-state index in [-0.39, 0.29) is 29.5 Å². The fourth-order valence-electron chi connectivity index (χ4n) is 4.78. The third-order valence-electron chi connectivity index (χ3n) is 6.85. The number of aromatic nitrogens is 3. The van der Waals surface area contributed by atoms with Crippen LogP contribution >= 0.6 is 0 Å². The van der Waals surface area contributed by atoms with Crippen molar-refractivity contribution in [3.05, 3.63) is 51.1 Å². The Bertz CT molecular complexity index is 1180. The molecule has 1 fully saturated rings. The highest BCUT2D eigenvalue weighted by molar-refractivity contribution is 5.81. The Morgan fingerprint density at radius 1 is 1.31 bits per heavy atom. The summed E-state index contributed by atoms with van der Waals surface area (Å²) in [5, 5.41) is 14.8. The van der Waals surface area contributed by atoms with Gasteiger partial charge in [-0.1, -0.05) is 0 Å². The molecule has 1 unspecified atom stereocenters. The van der Waals surface area contributed by atoms with E-state index in [1.807, 2.05) is 16.1 Å². The summed E-state index contributed by atoms with van der Waals surface area (Å²) in [6.07, 6.45) is -2.65. The van der Waals surface area contributed by atoms with E-state index in [2.05, 4.69) is 15.0 Å². The third kappa shape index (κ3) is 5.00. The van der Waals surface area contributed by atoms with Crippen LogP contribution in [-0.2, 0) is 17.4 Å². The molecule has 3 heterocycles. The Hall–Kier alpha value is -3.46. The molecule has 1 N–H and O–H groups in total. The Morgan fingerprint density at radius 3 is 2.63 bits per heavy atom. The van der Waals surface area contributed by atoms with E-state index in [1.165, 1.54) is 6.20 Å². The first-order valence-electron chi connectivity index (χ1n) is 11.4. The van der Waals surface area contributed by atoms with Gasteiger partial charge in [0.05, 0.1) is 17.3 Å². The number of halogens is 3. The van der Waals surface area contributed by atoms with Gasteiger partial charge in [-0.3, -0.25) is 14.5 Å². The minimum absolute atomic E-state index is 0.0360. The van der Waals surface area contributed by atoms with Gasteiger partial charge in [-0.25, -0.2) is 10.1 Å². The zero-order chi connectivity index (χ0) is 25.3. The lowest BCUT2D eigenvalue weighted by Gasteiger charge is -2.38. The molecular formula is C23H26F3N7O2. The summed E-state index contributed by atoms with van der Waals surface area (Å²) in [5.41, 5.74) is -1.67. The van der Waals surface area contributed by atoms with Crippen LogP contribution in [0.4, 0.5) is 19.0 Å². The van der Waals surface area contributed by atoms with E-state index >= 15 is 0 Å². The summed E-state index contributed by atoms with van der Waals surface area (Å²) in [6, 6.07) is 5.07. The number of aromatic amines is 1. The zero-order valence-electron chi connectivity index (χ0n) is 19.5. The van der Waals surface area contributed by atoms with Crippen molar-refractivity contribution in [2.75, 3.05) is 44.7 Å². The number of carbonyl (C=O) groups excluding carboxylic acids is 1. The second-order valence-electron chi connectivity index (χ2n) is 8.97. The molecule has 1 amide bonds. The van der Waals surface area contributed by atoms with Crippen molar-refractivity contribution in [2.24, 2.45) is 0 Å². The summed E-state index contributed by atoms with van der Waals surface area (Å²) < 4.78 is 40.1. The smallest absolute Gasteiger partial charge is 0.353 e. The Labute approximate surface area is 200 Å². The maximum atomic E-state index is 13.4. The van der Waals surface area contributed by atoms with Crippen LogP contribution < -0.4 is 10.5 Å². The van der Waals surface area contributed by atoms with E-state index in [0.29, 0.717) is 44.7 Å². The second kappa shape index (κ2) is 9.65. The summed E-state index contributed by atoms with van der Waals surface area (Å²) in [4.78, 5) is 34.8. The second-order valence-corrected chi connectivity index (χ2v) is 8.97. The molecule has 2 aromatic heterocycles. The number of piperazine rings is 1. The van der Waals surface area contributed by atoms with Gasteiger partial charge in [0.25, 0.3) is 5.56 Å². The number of rotatable bonds is 5. The van der Waals surface area contributed by atoms with Gasteiger partial charge in [-0.2, -0.15) is 23.5 Å². The first-order chi connectivity index (χ1) is 16.6. The molecule has 1 aliphatic carbocycles. The van der Waals surface area contributed by atoms with Crippen molar-refractivity contribution in [3.63, 3.8) is 0 Å². The molecule has 1 aliphatic heterocycles. The normalized spacial score (nSPS) is 18.9. The molecule has 12 heteroatoms. The fourth-order valence-corrected chi connectivity index (χ4v) is 4.78. The van der Waals surface area contributed by atoms with E-state index < -0.39 is 23.3 Å². The molecule has 0 spiro atoms. The molecule has 2 aromatic rings. The molecule has 2 atom stereocenters. The lowest BCUT2D eigenvalue weighted by molar-refractivity contribution is -0.139. The van der Waals surface area contributed by atoms with Gasteiger partial charge in [-0.15, -0.1) is 0 Å². The number of nitrogens with zero attached hydrogens (tertiary/aromatic N) is 6. The first-order valence-corrected chi connectivity index (χ1v) is 11.4. The maximum Gasteiger partial charge on any atom is 0.422 e. The van der Waals surface area contributed by atoms with Gasteiger partial charge in [-0.05, 0) is 44.5 Å². The molecule has 35 heavy (non-hydrogen) atoms. The number of nitrogens with one attached hydrogen (secondary N) is 1. The van der Waals surface area contributed by atoms with Crippen LogP contribution in [0.1, 0.15) is 41.6 Å². The van der Waals surface area contributed by atoms with Crippen LogP contribution in [0, 0.1) is 11.3 Å². The zero-order valence-corrected chi connectivity index (χ0v) is 19.5. The minimum atomic E-state index is -4.74. The summed E-state index contributed by atoms with van der Waals surface area (Å²) in [6.45, 7) is 4.38. The highest BCUT2D eigenvalue weighted by Gasteiger charge is 2.41. The van der Waals surface area contributed by atoms with Crippen LogP contribution in [0.3, 0.4) is 0 Å². The average molecular weight is 490 g/mol. The van der Waals surface area contributed by atoms with E-state index in [0.717, 1.165) is 5.82 Å². The van der Waals surface area contributed by atoms with Gasteiger partial charge in [0.15, 0.2) is 0 Å². The fraction of sp³-hybridized carbons (Fsp3) is 0.522. The number of hydrogen-bond acceptors (Lipinski definition) is 7. The van der Waals surface area contributed by atoms with Gasteiger partial charge < -0.3 is 9.80 Å². The number of amides is 1. The average Bonchev–Trinajstić information content (AvgIpc) is 3.24. The number of fused-ring (bicyclic) bond motifs is 1. The Morgan fingerprint density at radius 2 is 2.03 bits per heavy atom. The number of hydrogen-bond donors (Lipinski definition) is 1. The molecule has 4 rings (SSSR count). The first kappa shape index (κ1) is 24.7. The summed E-state index contributed by atoms with van der Waals surface area (Å²) in [5.74, 6) is 0.399. The number of carbonyl (C=O) groups is 1. The van der Waals surface area contributed by atoms with Crippen LogP contribution in [0.5, 0.6) is 0 Å². The largest absolute Gasteiger partial charge is 0.422 e. The topological polar surface area (TPSA) is 109 Å². The predicted molar refractivity (Wildman–Crippen MR) is 121 cm³/mol. The van der Waals surface area contributed by atoms with E-state index in [9.17, 15) is 22.8 Å². The molecule has 1 saturated heterocycles. The van der Waals surface area contributed by atoms with Gasteiger partial charge in [0, 0.05) is 44.8 Å². The summed E-state index contributed by atoms with van der Waals surface area (Å²) >= 11 is 0. The van der Waals surface area contributed by atoms with Gasteiger partial charge in [0.1, 0.15) is 17.5 Å². The number of nitriles is 1. The quantitative estimate of drug-likeness (QED) is 0.682. The van der Waals surface area contributed by atoms with Gasteiger partial charge in [0.2, 0.25) is 5.91 Å². The molecule has 9 nitrogen and oxygen atoms in total. The minimum Gasteiger partial charge on any atom is -0.353 e. The number of anilines is 1. The SMILES string of the molecule is C[C@@H](C(=O)N1CCN(c2ccc(C#N)cn2)CC1)N(C)CC1CCc2c1n[nH]c(=O)c2C(F)(F)F. The van der Waals surface area contributed by atoms with E-state index in [4.69, 9.17) is 5.26 Å². The van der Waals surface area contributed by atoms with E-state index in [1.54, 1.807) is 31.0 Å². The van der Waals surface area contributed by atoms with Crippen LogP contribution in [0.15, 0.2) is 23.1 Å². The number of pyridine rings is 1. The maximum absolute atomic E-state index is 13.4. The molecule has 186 valence electrons. The third-order valence-corrected chi connectivity index (χ3v) is 6.85. The van der Waals surface area contributed by atoms with Crippen LogP contribution in [0.25, 0.3) is 0 Å². The number of likely N-dealkylation sites (N-methyl/N-ethyl adjacent to an activating group) is 1. The molecule has 0 saturated carbocycles. The van der Waals surface area contributed by atoms with Gasteiger partial charge >= 0.3 is 6.18 Å².